The number of hydrogen-bond acceptors (Lipinski definition) is 10. The Balaban J connectivity index is 0.857. The Morgan fingerprint density at radius 2 is 1.22 bits per heavy atom. The zero-order valence-electron chi connectivity index (χ0n) is 36.2. The maximum absolute atomic E-state index is 14.4. The van der Waals surface area contributed by atoms with E-state index in [0.29, 0.717) is 38.0 Å². The number of likely N-dealkylation sites (tertiary alicyclic amines) is 2. The molecule has 16 heteroatoms. The van der Waals surface area contributed by atoms with Crippen LogP contribution >= 0.6 is 0 Å². The van der Waals surface area contributed by atoms with Gasteiger partial charge >= 0.3 is 12.2 Å². The van der Waals surface area contributed by atoms with Gasteiger partial charge in [-0.1, -0.05) is 25.7 Å². The van der Waals surface area contributed by atoms with Gasteiger partial charge in [-0.25, -0.2) is 19.6 Å². The van der Waals surface area contributed by atoms with E-state index in [1.54, 1.807) is 18.0 Å². The molecule has 2 saturated carbocycles. The fraction of sp³-hybridized carbons (Fsp3) is 0.532. The molecule has 2 saturated heterocycles. The van der Waals surface area contributed by atoms with Crippen LogP contribution in [0.2, 0.25) is 0 Å². The summed E-state index contributed by atoms with van der Waals surface area (Å²) in [4.78, 5) is 72.3. The molecular formula is C47H56N8O8. The third kappa shape index (κ3) is 7.64. The van der Waals surface area contributed by atoms with Gasteiger partial charge in [0.25, 0.3) is 0 Å². The van der Waals surface area contributed by atoms with Crippen molar-refractivity contribution in [2.45, 2.75) is 115 Å². The lowest BCUT2D eigenvalue weighted by Gasteiger charge is -2.31. The first kappa shape index (κ1) is 41.0. The number of nitrogens with one attached hydrogen (secondary N) is 4. The van der Waals surface area contributed by atoms with Crippen LogP contribution in [0.15, 0.2) is 36.7 Å². The molecule has 0 spiro atoms. The van der Waals surface area contributed by atoms with Crippen LogP contribution in [0.3, 0.4) is 0 Å². The van der Waals surface area contributed by atoms with Crippen LogP contribution in [-0.2, 0) is 32.3 Å². The van der Waals surface area contributed by atoms with Crippen molar-refractivity contribution >= 4 is 24.0 Å². The summed E-state index contributed by atoms with van der Waals surface area (Å²) in [5.41, 5.74) is 7.49. The van der Waals surface area contributed by atoms with Gasteiger partial charge in [-0.05, 0) is 93.9 Å². The molecule has 2 unspecified atom stereocenters. The molecule has 6 atom stereocenters. The molecule has 332 valence electrons. The molecule has 4 aliphatic heterocycles. The van der Waals surface area contributed by atoms with Crippen LogP contribution in [-0.4, -0.2) is 93.1 Å². The smallest absolute Gasteiger partial charge is 0.407 e. The first-order chi connectivity index (χ1) is 30.7. The maximum Gasteiger partial charge on any atom is 0.407 e. The molecule has 2 aliphatic carbocycles. The first-order valence-corrected chi connectivity index (χ1v) is 22.7. The van der Waals surface area contributed by atoms with Crippen molar-refractivity contribution in [1.82, 2.24) is 40.4 Å². The number of carbonyl (C=O) groups excluding carboxylic acids is 4. The van der Waals surface area contributed by atoms with Crippen LogP contribution in [0.25, 0.3) is 33.6 Å². The number of aromatic nitrogens is 4. The van der Waals surface area contributed by atoms with Gasteiger partial charge < -0.3 is 49.3 Å². The lowest BCUT2D eigenvalue weighted by molar-refractivity contribution is -0.136. The van der Waals surface area contributed by atoms with Gasteiger partial charge in [0.15, 0.2) is 0 Å². The molecule has 4 aromatic rings. The largest absolute Gasteiger partial charge is 0.488 e. The highest BCUT2D eigenvalue weighted by molar-refractivity contribution is 5.89. The minimum Gasteiger partial charge on any atom is -0.488 e. The average Bonchev–Trinajstić information content (AvgIpc) is 4.16. The summed E-state index contributed by atoms with van der Waals surface area (Å²) in [5, 5.41) is 5.53. The summed E-state index contributed by atoms with van der Waals surface area (Å²) in [5.74, 6) is 4.15. The van der Waals surface area contributed by atoms with Gasteiger partial charge in [0, 0.05) is 46.5 Å². The average molecular weight is 861 g/mol. The molecule has 0 bridgehead atoms. The number of ether oxygens (including phenoxy) is 4. The Labute approximate surface area is 366 Å². The van der Waals surface area contributed by atoms with Crippen molar-refractivity contribution < 1.29 is 38.1 Å². The number of nitrogens with zero attached hydrogens (tertiary/aromatic N) is 4. The number of H-pyrrole nitrogens is 2. The first-order valence-electron chi connectivity index (χ1n) is 22.7. The Morgan fingerprint density at radius 3 is 1.78 bits per heavy atom. The van der Waals surface area contributed by atoms with E-state index in [1.807, 2.05) is 23.2 Å². The number of methoxy groups -OCH3 is 2. The highest BCUT2D eigenvalue weighted by Gasteiger charge is 2.44. The molecule has 2 aromatic heterocycles. The highest BCUT2D eigenvalue weighted by Crippen LogP contribution is 2.51. The van der Waals surface area contributed by atoms with Gasteiger partial charge in [0.2, 0.25) is 11.8 Å². The van der Waals surface area contributed by atoms with Gasteiger partial charge in [0.1, 0.15) is 48.4 Å². The summed E-state index contributed by atoms with van der Waals surface area (Å²) < 4.78 is 22.6. The number of alkyl carbamates (subject to hydrolysis) is 2. The molecule has 6 heterocycles. The molecular weight excluding hydrogens is 805 g/mol. The van der Waals surface area contributed by atoms with E-state index in [9.17, 15) is 19.2 Å². The van der Waals surface area contributed by atoms with Gasteiger partial charge in [0.05, 0.1) is 50.1 Å². The van der Waals surface area contributed by atoms with Crippen LogP contribution < -0.4 is 20.1 Å². The third-order valence-corrected chi connectivity index (χ3v) is 14.6. The minimum atomic E-state index is -0.730. The zero-order chi connectivity index (χ0) is 43.4. The van der Waals surface area contributed by atoms with Crippen LogP contribution in [0.5, 0.6) is 11.5 Å². The predicted molar refractivity (Wildman–Crippen MR) is 230 cm³/mol. The summed E-state index contributed by atoms with van der Waals surface area (Å²) in [6.07, 6.45) is 13.8. The second-order valence-electron chi connectivity index (χ2n) is 18.2. The number of benzene rings is 2. The topological polar surface area (TPSA) is 193 Å². The summed E-state index contributed by atoms with van der Waals surface area (Å²) in [6.45, 7) is 3.53. The van der Waals surface area contributed by atoms with Crippen molar-refractivity contribution in [3.8, 4) is 45.1 Å². The van der Waals surface area contributed by atoms with Crippen LogP contribution in [0.1, 0.15) is 112 Å². The molecule has 10 rings (SSSR count). The molecule has 0 radical (unpaired) electrons. The van der Waals surface area contributed by atoms with E-state index in [-0.39, 0.29) is 29.8 Å². The fourth-order valence-electron chi connectivity index (χ4n) is 11.4. The maximum atomic E-state index is 14.4. The van der Waals surface area contributed by atoms with Crippen molar-refractivity contribution in [3.63, 3.8) is 0 Å². The Hall–Kier alpha value is -6.06. The monoisotopic (exact) mass is 860 g/mol. The van der Waals surface area contributed by atoms with E-state index in [1.165, 1.54) is 39.9 Å². The van der Waals surface area contributed by atoms with Crippen molar-refractivity contribution in [3.05, 3.63) is 59.4 Å². The van der Waals surface area contributed by atoms with Crippen molar-refractivity contribution in [2.75, 3.05) is 27.3 Å². The third-order valence-electron chi connectivity index (χ3n) is 14.6. The number of amides is 4. The standard InChI is InChI=1S/C47H56N8O8/c1-25(50-46(58)60-2)44(56)54-14-6-10-35(54)42-48-21-33(51-42)29-17-31-23-63-38-20-30(18-32-24-62-37(19-29)39(31)40(32)38)34-22-49-43(52-34)36-11-7-15-55(36)45(57)41(53-47(59)61-3)28-13-12-27(16-28)26-8-4-5-9-26/h17-22,25-28,35-36,41H,4-16,23-24H2,1-3H3,(H,48,51)(H,49,52)(H,50,58)(H,53,59)/t25-,27?,28?,35-,36-,41-/m0/s1. The van der Waals surface area contributed by atoms with E-state index in [0.717, 1.165) is 113 Å². The van der Waals surface area contributed by atoms with E-state index in [4.69, 9.17) is 24.2 Å². The Morgan fingerprint density at radius 1 is 0.683 bits per heavy atom. The molecule has 4 fully saturated rings. The predicted octanol–water partition coefficient (Wildman–Crippen LogP) is 7.32. The number of hydrogen-bond donors (Lipinski definition) is 4. The number of carbonyl (C=O) groups is 4. The minimum absolute atomic E-state index is 0.0549. The fourth-order valence-corrected chi connectivity index (χ4v) is 11.4. The molecule has 4 amide bonds. The van der Waals surface area contributed by atoms with Gasteiger partial charge in [-0.2, -0.15) is 0 Å². The van der Waals surface area contributed by atoms with Crippen molar-refractivity contribution in [1.29, 1.82) is 0 Å². The lowest BCUT2D eigenvalue weighted by atomic mass is 9.87. The normalized spacial score (nSPS) is 23.4. The van der Waals surface area contributed by atoms with Gasteiger partial charge in [-0.3, -0.25) is 9.59 Å². The van der Waals surface area contributed by atoms with E-state index in [2.05, 4.69) is 37.5 Å². The second-order valence-corrected chi connectivity index (χ2v) is 18.2. The van der Waals surface area contributed by atoms with Gasteiger partial charge in [-0.15, -0.1) is 0 Å². The van der Waals surface area contributed by atoms with Crippen LogP contribution in [0, 0.1) is 17.8 Å². The second kappa shape index (κ2) is 16.9. The zero-order valence-corrected chi connectivity index (χ0v) is 36.2. The number of imidazole rings is 2. The molecule has 4 N–H and O–H groups in total. The Bertz CT molecular complexity index is 2370. The van der Waals surface area contributed by atoms with Crippen LogP contribution in [0.4, 0.5) is 9.59 Å². The van der Waals surface area contributed by atoms with Crippen molar-refractivity contribution in [2.24, 2.45) is 17.8 Å². The SMILES string of the molecule is COC(=O)N[C@@H](C)C(=O)N1CCC[C@H]1c1ncc(-c2cc3c4c(c2)OCc2cc(-c5cnc([C@@H]6CCCN6C(=O)[C@@H](NC(=O)OC)C6CCC(C7CCCC7)C6)[nH]5)cc(c2-4)OC3)[nH]1. The summed E-state index contributed by atoms with van der Waals surface area (Å²) in [7, 11) is 2.62. The molecule has 2 aromatic carbocycles. The summed E-state index contributed by atoms with van der Waals surface area (Å²) >= 11 is 0. The number of rotatable bonds is 10. The quantitative estimate of drug-likeness (QED) is 0.126. The van der Waals surface area contributed by atoms with E-state index < -0.39 is 24.3 Å². The highest BCUT2D eigenvalue weighted by atomic mass is 16.5. The Kier molecular flexibility index (Phi) is 11.0. The lowest BCUT2D eigenvalue weighted by Crippen LogP contribution is -2.51. The van der Waals surface area contributed by atoms with E-state index >= 15 is 0 Å². The molecule has 16 nitrogen and oxygen atoms in total. The molecule has 6 aliphatic rings. The summed E-state index contributed by atoms with van der Waals surface area (Å²) in [6, 6.07) is 6.48. The molecule has 63 heavy (non-hydrogen) atoms. The number of aromatic amines is 2.